The zero-order valence-electron chi connectivity index (χ0n) is 8.08. The predicted molar refractivity (Wildman–Crippen MR) is 57.5 cm³/mol. The van der Waals surface area contributed by atoms with Crippen molar-refractivity contribution in [1.29, 1.82) is 0 Å². The van der Waals surface area contributed by atoms with Gasteiger partial charge >= 0.3 is 0 Å². The molecule has 0 bridgehead atoms. The van der Waals surface area contributed by atoms with Crippen molar-refractivity contribution in [3.63, 3.8) is 0 Å². The number of hydrogen-bond acceptors (Lipinski definition) is 2. The molecule has 0 heterocycles. The van der Waals surface area contributed by atoms with Crippen LogP contribution in [0.15, 0.2) is 29.8 Å². The van der Waals surface area contributed by atoms with Gasteiger partial charge in [-0.3, -0.25) is 4.79 Å². The van der Waals surface area contributed by atoms with E-state index in [4.69, 9.17) is 16.3 Å². The topological polar surface area (TPSA) is 26.3 Å². The number of rotatable bonds is 3. The van der Waals surface area contributed by atoms with Crippen molar-refractivity contribution < 1.29 is 9.53 Å². The standard InChI is InChI=1S/C11H11ClO2/c1-8(11(12)13)7-9-3-5-10(14-2)6-4-9/h3-7H,1-2H3. The fourth-order valence-corrected chi connectivity index (χ4v) is 1.06. The van der Waals surface area contributed by atoms with Gasteiger partial charge in [0, 0.05) is 5.57 Å². The van der Waals surface area contributed by atoms with E-state index in [0.717, 1.165) is 11.3 Å². The Morgan fingerprint density at radius 3 is 2.36 bits per heavy atom. The van der Waals surface area contributed by atoms with Crippen LogP contribution in [0.1, 0.15) is 12.5 Å². The van der Waals surface area contributed by atoms with Gasteiger partial charge in [-0.15, -0.1) is 0 Å². The second kappa shape index (κ2) is 4.82. The average molecular weight is 211 g/mol. The van der Waals surface area contributed by atoms with E-state index in [0.29, 0.717) is 5.57 Å². The lowest BCUT2D eigenvalue weighted by Gasteiger charge is -1.99. The summed E-state index contributed by atoms with van der Waals surface area (Å²) in [6.45, 7) is 1.68. The molecule has 1 rings (SSSR count). The van der Waals surface area contributed by atoms with Crippen LogP contribution >= 0.6 is 11.6 Å². The Labute approximate surface area is 88.1 Å². The van der Waals surface area contributed by atoms with E-state index in [1.807, 2.05) is 24.3 Å². The molecule has 2 nitrogen and oxygen atoms in total. The summed E-state index contributed by atoms with van der Waals surface area (Å²) in [5, 5.41) is -0.430. The zero-order chi connectivity index (χ0) is 10.6. The summed E-state index contributed by atoms with van der Waals surface area (Å²) < 4.78 is 5.01. The molecule has 0 fully saturated rings. The third kappa shape index (κ3) is 2.89. The van der Waals surface area contributed by atoms with E-state index in [9.17, 15) is 4.79 Å². The molecule has 0 aliphatic carbocycles. The quantitative estimate of drug-likeness (QED) is 0.567. The molecule has 0 amide bonds. The monoisotopic (exact) mass is 210 g/mol. The van der Waals surface area contributed by atoms with Gasteiger partial charge in [0.1, 0.15) is 5.75 Å². The Kier molecular flexibility index (Phi) is 3.72. The second-order valence-electron chi connectivity index (χ2n) is 2.87. The van der Waals surface area contributed by atoms with E-state index in [2.05, 4.69) is 0 Å². The molecule has 74 valence electrons. The van der Waals surface area contributed by atoms with Crippen LogP contribution in [0.5, 0.6) is 5.75 Å². The second-order valence-corrected chi connectivity index (χ2v) is 3.22. The first-order valence-corrected chi connectivity index (χ1v) is 4.53. The van der Waals surface area contributed by atoms with Gasteiger partial charge in [-0.25, -0.2) is 0 Å². The fourth-order valence-electron chi connectivity index (χ4n) is 1.01. The van der Waals surface area contributed by atoms with Crippen LogP contribution in [0.4, 0.5) is 0 Å². The number of methoxy groups -OCH3 is 1. The maximum atomic E-state index is 10.7. The van der Waals surface area contributed by atoms with E-state index >= 15 is 0 Å². The number of benzene rings is 1. The molecule has 0 atom stereocenters. The zero-order valence-corrected chi connectivity index (χ0v) is 8.84. The summed E-state index contributed by atoms with van der Waals surface area (Å²) in [7, 11) is 1.61. The Hall–Kier alpha value is -1.28. The van der Waals surface area contributed by atoms with E-state index in [1.54, 1.807) is 20.1 Å². The van der Waals surface area contributed by atoms with Gasteiger partial charge < -0.3 is 4.74 Å². The number of carbonyl (C=O) groups excluding carboxylic acids is 1. The van der Waals surface area contributed by atoms with Gasteiger partial charge in [0.15, 0.2) is 0 Å². The van der Waals surface area contributed by atoms with Crippen LogP contribution in [0.25, 0.3) is 6.08 Å². The van der Waals surface area contributed by atoms with Crippen LogP contribution in [0.2, 0.25) is 0 Å². The minimum absolute atomic E-state index is 0.430. The molecule has 0 spiro atoms. The lowest BCUT2D eigenvalue weighted by atomic mass is 10.1. The lowest BCUT2D eigenvalue weighted by Crippen LogP contribution is -1.87. The van der Waals surface area contributed by atoms with Gasteiger partial charge in [0.05, 0.1) is 7.11 Å². The smallest absolute Gasteiger partial charge is 0.248 e. The van der Waals surface area contributed by atoms with Gasteiger partial charge in [0.25, 0.3) is 0 Å². The highest BCUT2D eigenvalue weighted by molar-refractivity contribution is 6.68. The molecule has 0 aliphatic rings. The van der Waals surface area contributed by atoms with Gasteiger partial charge in [-0.2, -0.15) is 0 Å². The number of hydrogen-bond donors (Lipinski definition) is 0. The fraction of sp³-hybridized carbons (Fsp3) is 0.182. The van der Waals surface area contributed by atoms with Crippen molar-refractivity contribution in [3.8, 4) is 5.75 Å². The van der Waals surface area contributed by atoms with Gasteiger partial charge in [-0.05, 0) is 42.3 Å². The molecule has 3 heteroatoms. The Morgan fingerprint density at radius 2 is 1.93 bits per heavy atom. The first-order valence-electron chi connectivity index (χ1n) is 4.15. The van der Waals surface area contributed by atoms with Crippen molar-refractivity contribution in [2.45, 2.75) is 6.92 Å². The molecule has 0 radical (unpaired) electrons. The minimum Gasteiger partial charge on any atom is -0.497 e. The van der Waals surface area contributed by atoms with Crippen LogP contribution in [0.3, 0.4) is 0 Å². The highest BCUT2D eigenvalue weighted by Crippen LogP contribution is 2.14. The summed E-state index contributed by atoms with van der Waals surface area (Å²) in [5.41, 5.74) is 1.45. The van der Waals surface area contributed by atoms with E-state index < -0.39 is 5.24 Å². The molecule has 0 saturated heterocycles. The minimum atomic E-state index is -0.430. The van der Waals surface area contributed by atoms with E-state index in [1.165, 1.54) is 0 Å². The number of halogens is 1. The Morgan fingerprint density at radius 1 is 1.36 bits per heavy atom. The molecule has 0 aliphatic heterocycles. The van der Waals surface area contributed by atoms with Crippen molar-refractivity contribution in [2.24, 2.45) is 0 Å². The van der Waals surface area contributed by atoms with E-state index in [-0.39, 0.29) is 0 Å². The van der Waals surface area contributed by atoms with Crippen LogP contribution in [-0.4, -0.2) is 12.4 Å². The maximum absolute atomic E-state index is 10.7. The van der Waals surface area contributed by atoms with Crippen LogP contribution < -0.4 is 4.74 Å². The summed E-state index contributed by atoms with van der Waals surface area (Å²) in [5.74, 6) is 0.789. The third-order valence-electron chi connectivity index (χ3n) is 1.81. The van der Waals surface area contributed by atoms with Crippen LogP contribution in [-0.2, 0) is 4.79 Å². The highest BCUT2D eigenvalue weighted by Gasteiger charge is 1.98. The SMILES string of the molecule is COc1ccc(C=C(C)C(=O)Cl)cc1. The predicted octanol–water partition coefficient (Wildman–Crippen LogP) is 2.86. The number of allylic oxidation sites excluding steroid dienone is 1. The van der Waals surface area contributed by atoms with Crippen molar-refractivity contribution in [3.05, 3.63) is 35.4 Å². The third-order valence-corrected chi connectivity index (χ3v) is 2.11. The molecule has 0 saturated carbocycles. The molecular weight excluding hydrogens is 200 g/mol. The molecule has 14 heavy (non-hydrogen) atoms. The largest absolute Gasteiger partial charge is 0.497 e. The number of carbonyl (C=O) groups is 1. The summed E-state index contributed by atoms with van der Waals surface area (Å²) >= 11 is 5.30. The summed E-state index contributed by atoms with van der Waals surface area (Å²) in [4.78, 5) is 10.7. The Bertz CT molecular complexity index is 352. The van der Waals surface area contributed by atoms with Crippen molar-refractivity contribution >= 4 is 22.9 Å². The number of ether oxygens (including phenoxy) is 1. The maximum Gasteiger partial charge on any atom is 0.248 e. The molecule has 1 aromatic carbocycles. The summed E-state index contributed by atoms with van der Waals surface area (Å²) in [6.07, 6.45) is 1.73. The van der Waals surface area contributed by atoms with Gasteiger partial charge in [-0.1, -0.05) is 12.1 Å². The highest BCUT2D eigenvalue weighted by atomic mass is 35.5. The first kappa shape index (κ1) is 10.8. The van der Waals surface area contributed by atoms with Crippen LogP contribution in [0, 0.1) is 0 Å². The lowest BCUT2D eigenvalue weighted by molar-refractivity contribution is -0.108. The van der Waals surface area contributed by atoms with Gasteiger partial charge in [0.2, 0.25) is 5.24 Å². The molecule has 0 aromatic heterocycles. The molecule has 1 aromatic rings. The molecule has 0 unspecified atom stereocenters. The average Bonchev–Trinajstić information content (AvgIpc) is 2.19. The van der Waals surface area contributed by atoms with Crippen molar-refractivity contribution in [2.75, 3.05) is 7.11 Å². The summed E-state index contributed by atoms with van der Waals surface area (Å²) in [6, 6.07) is 7.39. The van der Waals surface area contributed by atoms with Crippen molar-refractivity contribution in [1.82, 2.24) is 0 Å². The molecule has 0 N–H and O–H groups in total. The normalized spacial score (nSPS) is 11.2. The molecular formula is C11H11ClO2. The first-order chi connectivity index (χ1) is 6.63. The Balaban J connectivity index is 2.88.